The summed E-state index contributed by atoms with van der Waals surface area (Å²) in [4.78, 5) is 4.92. The van der Waals surface area contributed by atoms with Crippen molar-refractivity contribution < 1.29 is 5.11 Å². The third-order valence-corrected chi connectivity index (χ3v) is 4.98. The van der Waals surface area contributed by atoms with Crippen LogP contribution in [-0.4, -0.2) is 60.3 Å². The van der Waals surface area contributed by atoms with Crippen LogP contribution in [0.3, 0.4) is 0 Å². The Morgan fingerprint density at radius 3 is 2.22 bits per heavy atom. The molecule has 2 aliphatic rings. The Morgan fingerprint density at radius 2 is 1.56 bits per heavy atom. The van der Waals surface area contributed by atoms with Gasteiger partial charge in [-0.25, -0.2) is 0 Å². The van der Waals surface area contributed by atoms with Crippen molar-refractivity contribution in [2.45, 2.75) is 69.6 Å². The van der Waals surface area contributed by atoms with Gasteiger partial charge < -0.3 is 10.0 Å². The number of likely N-dealkylation sites (tertiary alicyclic amines) is 1. The van der Waals surface area contributed by atoms with Crippen LogP contribution in [0.15, 0.2) is 0 Å². The summed E-state index contributed by atoms with van der Waals surface area (Å²) in [6.07, 6.45) is 9.76. The molecule has 1 aliphatic heterocycles. The summed E-state index contributed by atoms with van der Waals surface area (Å²) >= 11 is 0. The average Bonchev–Trinajstić information content (AvgIpc) is 2.35. The second-order valence-corrected chi connectivity index (χ2v) is 6.33. The van der Waals surface area contributed by atoms with E-state index in [1.54, 1.807) is 0 Å². The quantitative estimate of drug-likeness (QED) is 0.817. The molecule has 1 N–H and O–H groups in total. The lowest BCUT2D eigenvalue weighted by Crippen LogP contribution is -2.50. The van der Waals surface area contributed by atoms with Gasteiger partial charge in [0.25, 0.3) is 0 Å². The van der Waals surface area contributed by atoms with Gasteiger partial charge in [-0.15, -0.1) is 0 Å². The highest BCUT2D eigenvalue weighted by Gasteiger charge is 2.30. The predicted molar refractivity (Wildman–Crippen MR) is 75.8 cm³/mol. The molecule has 1 saturated carbocycles. The molecule has 1 saturated heterocycles. The first-order valence-electron chi connectivity index (χ1n) is 7.77. The molecule has 2 atom stereocenters. The predicted octanol–water partition coefficient (Wildman–Crippen LogP) is 2.10. The molecule has 0 aromatic heterocycles. The molecule has 3 heteroatoms. The third-order valence-electron chi connectivity index (χ3n) is 4.98. The van der Waals surface area contributed by atoms with Gasteiger partial charge in [-0.2, -0.15) is 0 Å². The molecule has 0 spiro atoms. The minimum Gasteiger partial charge on any atom is -0.391 e. The molecule has 18 heavy (non-hydrogen) atoms. The second-order valence-electron chi connectivity index (χ2n) is 6.33. The van der Waals surface area contributed by atoms with Crippen molar-refractivity contribution in [2.24, 2.45) is 0 Å². The standard InChI is InChI=1S/C15H30N2O/c1-16-11-9-13(10-12-16)17(2)14-7-5-3-4-6-8-15(14)18/h13-15,18H,3-12H2,1-2H3. The van der Waals surface area contributed by atoms with E-state index >= 15 is 0 Å². The van der Waals surface area contributed by atoms with Crippen LogP contribution in [0, 0.1) is 0 Å². The van der Waals surface area contributed by atoms with Crippen molar-refractivity contribution >= 4 is 0 Å². The lowest BCUT2D eigenvalue weighted by Gasteiger charge is -2.41. The molecule has 0 amide bonds. The Labute approximate surface area is 112 Å². The van der Waals surface area contributed by atoms with Crippen LogP contribution >= 0.6 is 0 Å². The number of hydrogen-bond acceptors (Lipinski definition) is 3. The minimum atomic E-state index is -0.102. The maximum atomic E-state index is 10.4. The number of aliphatic hydroxyl groups excluding tert-OH is 1. The zero-order valence-corrected chi connectivity index (χ0v) is 12.1. The van der Waals surface area contributed by atoms with Crippen LogP contribution < -0.4 is 0 Å². The number of likely N-dealkylation sites (N-methyl/N-ethyl adjacent to an activating group) is 1. The Kier molecular flexibility index (Phi) is 5.46. The monoisotopic (exact) mass is 254 g/mol. The van der Waals surface area contributed by atoms with Crippen molar-refractivity contribution in [3.63, 3.8) is 0 Å². The van der Waals surface area contributed by atoms with Crippen molar-refractivity contribution in [3.05, 3.63) is 0 Å². The number of piperidine rings is 1. The molecular formula is C15H30N2O. The molecule has 2 rings (SSSR count). The highest BCUT2D eigenvalue weighted by Crippen LogP contribution is 2.25. The number of rotatable bonds is 2. The van der Waals surface area contributed by atoms with Crippen molar-refractivity contribution in [1.82, 2.24) is 9.80 Å². The first-order chi connectivity index (χ1) is 8.68. The van der Waals surface area contributed by atoms with Crippen LogP contribution in [-0.2, 0) is 0 Å². The topological polar surface area (TPSA) is 26.7 Å². The van der Waals surface area contributed by atoms with Crippen LogP contribution in [0.25, 0.3) is 0 Å². The normalized spacial score (nSPS) is 33.3. The molecule has 2 unspecified atom stereocenters. The summed E-state index contributed by atoms with van der Waals surface area (Å²) in [7, 11) is 4.45. The van der Waals surface area contributed by atoms with Crippen LogP contribution in [0.1, 0.15) is 51.4 Å². The zero-order chi connectivity index (χ0) is 13.0. The Morgan fingerprint density at radius 1 is 0.944 bits per heavy atom. The van der Waals surface area contributed by atoms with Crippen LogP contribution in [0.4, 0.5) is 0 Å². The first-order valence-corrected chi connectivity index (χ1v) is 7.77. The van der Waals surface area contributed by atoms with E-state index in [0.29, 0.717) is 12.1 Å². The molecule has 0 aromatic rings. The first kappa shape index (κ1) is 14.3. The lowest BCUT2D eigenvalue weighted by atomic mass is 9.91. The molecule has 106 valence electrons. The van der Waals surface area contributed by atoms with Gasteiger partial charge >= 0.3 is 0 Å². The van der Waals surface area contributed by atoms with E-state index in [9.17, 15) is 5.11 Å². The van der Waals surface area contributed by atoms with Crippen molar-refractivity contribution in [1.29, 1.82) is 0 Å². The van der Waals surface area contributed by atoms with E-state index in [2.05, 4.69) is 23.9 Å². The molecular weight excluding hydrogens is 224 g/mol. The van der Waals surface area contributed by atoms with Crippen molar-refractivity contribution in [3.8, 4) is 0 Å². The molecule has 0 aromatic carbocycles. The van der Waals surface area contributed by atoms with Gasteiger partial charge in [-0.1, -0.05) is 25.7 Å². The van der Waals surface area contributed by atoms with Gasteiger partial charge in [-0.3, -0.25) is 4.90 Å². The molecule has 3 nitrogen and oxygen atoms in total. The van der Waals surface area contributed by atoms with E-state index in [0.717, 1.165) is 6.42 Å². The summed E-state index contributed by atoms with van der Waals surface area (Å²) in [6, 6.07) is 1.08. The maximum absolute atomic E-state index is 10.4. The van der Waals surface area contributed by atoms with E-state index in [1.807, 2.05) is 0 Å². The molecule has 2 fully saturated rings. The summed E-state index contributed by atoms with van der Waals surface area (Å²) in [5, 5.41) is 10.4. The fourth-order valence-corrected chi connectivity index (χ4v) is 3.59. The van der Waals surface area contributed by atoms with Gasteiger partial charge in [0.2, 0.25) is 0 Å². The highest BCUT2D eigenvalue weighted by molar-refractivity contribution is 4.85. The number of hydrogen-bond donors (Lipinski definition) is 1. The largest absolute Gasteiger partial charge is 0.391 e. The SMILES string of the molecule is CN1CCC(N(C)C2CCCCCCC2O)CC1. The summed E-state index contributed by atoms with van der Waals surface area (Å²) in [5.41, 5.74) is 0. The molecule has 0 radical (unpaired) electrons. The average molecular weight is 254 g/mol. The summed E-state index contributed by atoms with van der Waals surface area (Å²) < 4.78 is 0. The fourth-order valence-electron chi connectivity index (χ4n) is 3.59. The number of nitrogens with zero attached hydrogens (tertiary/aromatic N) is 2. The van der Waals surface area contributed by atoms with Gasteiger partial charge in [0, 0.05) is 12.1 Å². The van der Waals surface area contributed by atoms with E-state index in [4.69, 9.17) is 0 Å². The minimum absolute atomic E-state index is 0.102. The van der Waals surface area contributed by atoms with Gasteiger partial charge in [0.05, 0.1) is 6.10 Å². The Hall–Kier alpha value is -0.120. The zero-order valence-electron chi connectivity index (χ0n) is 12.1. The Balaban J connectivity index is 1.90. The highest BCUT2D eigenvalue weighted by atomic mass is 16.3. The summed E-state index contributed by atoms with van der Waals surface area (Å²) in [6.45, 7) is 2.41. The van der Waals surface area contributed by atoms with E-state index in [-0.39, 0.29) is 6.10 Å². The Bertz CT molecular complexity index is 239. The third kappa shape index (κ3) is 3.69. The summed E-state index contributed by atoms with van der Waals surface area (Å²) in [5.74, 6) is 0. The maximum Gasteiger partial charge on any atom is 0.0695 e. The van der Waals surface area contributed by atoms with Gasteiger partial charge in [0.1, 0.15) is 0 Å². The van der Waals surface area contributed by atoms with Gasteiger partial charge in [-0.05, 0) is 52.9 Å². The molecule has 1 aliphatic carbocycles. The smallest absolute Gasteiger partial charge is 0.0695 e. The number of aliphatic hydroxyl groups is 1. The van der Waals surface area contributed by atoms with Crippen molar-refractivity contribution in [2.75, 3.05) is 27.2 Å². The fraction of sp³-hybridized carbons (Fsp3) is 1.00. The molecule has 1 heterocycles. The van der Waals surface area contributed by atoms with E-state index in [1.165, 1.54) is 58.0 Å². The van der Waals surface area contributed by atoms with E-state index < -0.39 is 0 Å². The van der Waals surface area contributed by atoms with Crippen LogP contribution in [0.5, 0.6) is 0 Å². The molecule has 0 bridgehead atoms. The second kappa shape index (κ2) is 6.88. The lowest BCUT2D eigenvalue weighted by molar-refractivity contribution is 0.00935. The van der Waals surface area contributed by atoms with Gasteiger partial charge in [0.15, 0.2) is 0 Å². The van der Waals surface area contributed by atoms with Crippen LogP contribution in [0.2, 0.25) is 0 Å².